The second-order valence-corrected chi connectivity index (χ2v) is 5.28. The number of hydrogen-bond acceptors (Lipinski definition) is 4. The highest BCUT2D eigenvalue weighted by atomic mass is 16.5. The number of ether oxygens (including phenoxy) is 1. The van der Waals surface area contributed by atoms with Gasteiger partial charge in [0.1, 0.15) is 5.75 Å². The summed E-state index contributed by atoms with van der Waals surface area (Å²) in [5, 5.41) is 0. The molecular weight excluding hydrogens is 250 g/mol. The Morgan fingerprint density at radius 1 is 1.20 bits per heavy atom. The second kappa shape index (κ2) is 5.61. The number of hydrazine groups is 1. The van der Waals surface area contributed by atoms with Crippen molar-refractivity contribution in [1.29, 1.82) is 0 Å². The van der Waals surface area contributed by atoms with Gasteiger partial charge in [-0.15, -0.1) is 0 Å². The Kier molecular flexibility index (Phi) is 3.67. The quantitative estimate of drug-likeness (QED) is 0.646. The number of aryl methyl sites for hydroxylation is 1. The fraction of sp³-hybridized carbons (Fsp3) is 0.312. The van der Waals surface area contributed by atoms with Gasteiger partial charge in [0.15, 0.2) is 0 Å². The van der Waals surface area contributed by atoms with Crippen LogP contribution in [0.1, 0.15) is 35.6 Å². The van der Waals surface area contributed by atoms with Gasteiger partial charge in [-0.05, 0) is 48.6 Å². The molecule has 0 saturated heterocycles. The first-order valence-electron chi connectivity index (χ1n) is 6.90. The number of hydrogen-bond donors (Lipinski definition) is 2. The van der Waals surface area contributed by atoms with Crippen molar-refractivity contribution in [3.05, 3.63) is 59.4 Å². The maximum absolute atomic E-state index is 5.75. The molecule has 0 amide bonds. The molecule has 20 heavy (non-hydrogen) atoms. The number of pyridine rings is 1. The van der Waals surface area contributed by atoms with E-state index in [0.717, 1.165) is 22.4 Å². The first-order valence-corrected chi connectivity index (χ1v) is 6.90. The molecule has 0 aliphatic heterocycles. The molecule has 0 radical (unpaired) electrons. The summed E-state index contributed by atoms with van der Waals surface area (Å²) < 4.78 is 5.75. The zero-order valence-corrected chi connectivity index (χ0v) is 11.5. The lowest BCUT2D eigenvalue weighted by Crippen LogP contribution is -2.28. The summed E-state index contributed by atoms with van der Waals surface area (Å²) in [6.45, 7) is 2.02. The van der Waals surface area contributed by atoms with Crippen LogP contribution in [0.4, 0.5) is 0 Å². The normalized spacial score (nSPS) is 15.9. The SMILES string of the molecule is Cc1cncc(C(NN)c2ccc(OC3CC3)cc2)c1. The van der Waals surface area contributed by atoms with Crippen LogP contribution in [-0.2, 0) is 0 Å². The maximum Gasteiger partial charge on any atom is 0.119 e. The van der Waals surface area contributed by atoms with Gasteiger partial charge < -0.3 is 4.74 Å². The van der Waals surface area contributed by atoms with Gasteiger partial charge in [-0.2, -0.15) is 0 Å². The van der Waals surface area contributed by atoms with Crippen molar-refractivity contribution < 1.29 is 4.74 Å². The Bertz CT molecular complexity index is 579. The Morgan fingerprint density at radius 2 is 1.95 bits per heavy atom. The van der Waals surface area contributed by atoms with Crippen LogP contribution in [0, 0.1) is 6.92 Å². The summed E-state index contributed by atoms with van der Waals surface area (Å²) in [6, 6.07) is 10.1. The van der Waals surface area contributed by atoms with Gasteiger partial charge in [-0.25, -0.2) is 5.43 Å². The fourth-order valence-corrected chi connectivity index (χ4v) is 2.24. The third-order valence-electron chi connectivity index (χ3n) is 3.44. The largest absolute Gasteiger partial charge is 0.490 e. The van der Waals surface area contributed by atoms with E-state index in [1.54, 1.807) is 0 Å². The van der Waals surface area contributed by atoms with Crippen molar-refractivity contribution >= 4 is 0 Å². The minimum absolute atomic E-state index is 0.0580. The van der Waals surface area contributed by atoms with E-state index in [9.17, 15) is 0 Å². The van der Waals surface area contributed by atoms with E-state index in [2.05, 4.69) is 16.5 Å². The van der Waals surface area contributed by atoms with E-state index in [4.69, 9.17) is 10.6 Å². The highest BCUT2D eigenvalue weighted by molar-refractivity contribution is 5.35. The molecule has 1 fully saturated rings. The molecule has 4 heteroatoms. The summed E-state index contributed by atoms with van der Waals surface area (Å²) in [5.41, 5.74) is 6.13. The van der Waals surface area contributed by atoms with Gasteiger partial charge in [0.05, 0.1) is 12.1 Å². The highest BCUT2D eigenvalue weighted by Gasteiger charge is 2.23. The topological polar surface area (TPSA) is 60.2 Å². The van der Waals surface area contributed by atoms with Crippen molar-refractivity contribution in [2.45, 2.75) is 31.9 Å². The van der Waals surface area contributed by atoms with E-state index in [1.165, 1.54) is 12.8 Å². The van der Waals surface area contributed by atoms with Gasteiger partial charge in [0.25, 0.3) is 0 Å². The molecule has 1 aromatic heterocycles. The van der Waals surface area contributed by atoms with E-state index in [-0.39, 0.29) is 6.04 Å². The number of nitrogens with two attached hydrogens (primary N) is 1. The maximum atomic E-state index is 5.75. The number of nitrogens with zero attached hydrogens (tertiary/aromatic N) is 1. The molecule has 1 aromatic carbocycles. The van der Waals surface area contributed by atoms with Crippen molar-refractivity contribution in [1.82, 2.24) is 10.4 Å². The molecular formula is C16H19N3O. The Morgan fingerprint density at radius 3 is 2.55 bits per heavy atom. The molecule has 1 aliphatic rings. The monoisotopic (exact) mass is 269 g/mol. The predicted molar refractivity (Wildman–Crippen MR) is 78.2 cm³/mol. The van der Waals surface area contributed by atoms with Crippen LogP contribution in [0.25, 0.3) is 0 Å². The second-order valence-electron chi connectivity index (χ2n) is 5.28. The van der Waals surface area contributed by atoms with Gasteiger partial charge >= 0.3 is 0 Å². The lowest BCUT2D eigenvalue weighted by Gasteiger charge is -2.17. The number of benzene rings is 1. The van der Waals surface area contributed by atoms with Crippen LogP contribution >= 0.6 is 0 Å². The molecule has 1 heterocycles. The molecule has 0 bridgehead atoms. The van der Waals surface area contributed by atoms with Crippen molar-refractivity contribution in [2.24, 2.45) is 5.84 Å². The third-order valence-corrected chi connectivity index (χ3v) is 3.44. The lowest BCUT2D eigenvalue weighted by molar-refractivity contribution is 0.303. The van der Waals surface area contributed by atoms with Gasteiger partial charge in [0, 0.05) is 12.4 Å². The molecule has 1 saturated carbocycles. The summed E-state index contributed by atoms with van der Waals surface area (Å²) in [4.78, 5) is 4.22. The van der Waals surface area contributed by atoms with E-state index < -0.39 is 0 Å². The van der Waals surface area contributed by atoms with Crippen molar-refractivity contribution in [2.75, 3.05) is 0 Å². The Hall–Kier alpha value is -1.91. The summed E-state index contributed by atoms with van der Waals surface area (Å²) in [7, 11) is 0. The minimum Gasteiger partial charge on any atom is -0.490 e. The van der Waals surface area contributed by atoms with Crippen LogP contribution < -0.4 is 16.0 Å². The van der Waals surface area contributed by atoms with E-state index in [1.807, 2.05) is 43.6 Å². The lowest BCUT2D eigenvalue weighted by atomic mass is 10.00. The van der Waals surface area contributed by atoms with Crippen molar-refractivity contribution in [3.63, 3.8) is 0 Å². The van der Waals surface area contributed by atoms with Crippen molar-refractivity contribution in [3.8, 4) is 5.75 Å². The zero-order chi connectivity index (χ0) is 13.9. The molecule has 1 atom stereocenters. The third kappa shape index (κ3) is 2.98. The molecule has 1 aliphatic carbocycles. The Balaban J connectivity index is 1.81. The van der Waals surface area contributed by atoms with E-state index in [0.29, 0.717) is 6.10 Å². The van der Waals surface area contributed by atoms with E-state index >= 15 is 0 Å². The molecule has 3 rings (SSSR count). The van der Waals surface area contributed by atoms with Crippen LogP contribution in [-0.4, -0.2) is 11.1 Å². The minimum atomic E-state index is -0.0580. The summed E-state index contributed by atoms with van der Waals surface area (Å²) in [5.74, 6) is 6.63. The van der Waals surface area contributed by atoms with Crippen LogP contribution in [0.3, 0.4) is 0 Å². The van der Waals surface area contributed by atoms with Gasteiger partial charge in [0.2, 0.25) is 0 Å². The molecule has 104 valence electrons. The van der Waals surface area contributed by atoms with Gasteiger partial charge in [-0.3, -0.25) is 10.8 Å². The molecule has 1 unspecified atom stereocenters. The molecule has 3 N–H and O–H groups in total. The molecule has 2 aromatic rings. The van der Waals surface area contributed by atoms with Gasteiger partial charge in [-0.1, -0.05) is 18.2 Å². The standard InChI is InChI=1S/C16H19N3O/c1-11-8-13(10-18-9-11)16(19-17)12-2-4-14(5-3-12)20-15-6-7-15/h2-5,8-10,15-16,19H,6-7,17H2,1H3. The smallest absolute Gasteiger partial charge is 0.119 e. The van der Waals surface area contributed by atoms with Crippen LogP contribution in [0.15, 0.2) is 42.7 Å². The zero-order valence-electron chi connectivity index (χ0n) is 11.5. The molecule has 0 spiro atoms. The average Bonchev–Trinajstić information content (AvgIpc) is 3.26. The van der Waals surface area contributed by atoms with Crippen LogP contribution in [0.5, 0.6) is 5.75 Å². The Labute approximate surface area is 119 Å². The predicted octanol–water partition coefficient (Wildman–Crippen LogP) is 2.48. The molecule has 4 nitrogen and oxygen atoms in total. The number of rotatable bonds is 5. The highest BCUT2D eigenvalue weighted by Crippen LogP contribution is 2.28. The average molecular weight is 269 g/mol. The first kappa shape index (κ1) is 13.1. The number of aromatic nitrogens is 1. The number of nitrogens with one attached hydrogen (secondary N) is 1. The fourth-order valence-electron chi connectivity index (χ4n) is 2.24. The van der Waals surface area contributed by atoms with Crippen LogP contribution in [0.2, 0.25) is 0 Å². The summed E-state index contributed by atoms with van der Waals surface area (Å²) in [6.07, 6.45) is 6.44. The first-order chi connectivity index (χ1) is 9.76. The summed E-state index contributed by atoms with van der Waals surface area (Å²) >= 11 is 0.